The van der Waals surface area contributed by atoms with Crippen molar-refractivity contribution in [1.82, 2.24) is 4.90 Å². The molecule has 2 aliphatic carbocycles. The van der Waals surface area contributed by atoms with E-state index in [2.05, 4.69) is 25.7 Å². The lowest BCUT2D eigenvalue weighted by molar-refractivity contribution is -0.139. The number of alkyl halides is 3. The Morgan fingerprint density at radius 2 is 1.62 bits per heavy atom. The minimum Gasteiger partial charge on any atom is -0.481 e. The Labute approximate surface area is 190 Å². The molecule has 0 aromatic heterocycles. The van der Waals surface area contributed by atoms with E-state index in [1.165, 1.54) is 37.8 Å². The fraction of sp³-hybridized carbons (Fsp3) is 0.731. The van der Waals surface area contributed by atoms with Crippen LogP contribution in [0.3, 0.4) is 0 Å². The smallest absolute Gasteiger partial charge is 0.416 e. The van der Waals surface area contributed by atoms with Crippen LogP contribution in [0.2, 0.25) is 0 Å². The molecule has 1 aromatic rings. The van der Waals surface area contributed by atoms with E-state index in [0.717, 1.165) is 31.5 Å². The minimum absolute atomic E-state index is 0.0548. The topological polar surface area (TPSA) is 40.5 Å². The van der Waals surface area contributed by atoms with Gasteiger partial charge in [-0.2, -0.15) is 13.2 Å². The van der Waals surface area contributed by atoms with E-state index in [0.29, 0.717) is 12.3 Å². The third kappa shape index (κ3) is 6.97. The van der Waals surface area contributed by atoms with E-state index in [-0.39, 0.29) is 29.7 Å². The normalized spacial score (nSPS) is 25.4. The van der Waals surface area contributed by atoms with Crippen LogP contribution in [-0.2, 0) is 11.0 Å². The molecule has 0 aliphatic heterocycles. The molecule has 0 amide bonds. The SMILES string of the molecule is CC(C)(C)CN(CC1CCCC1)[C@@H]1CC[C@@H](CC(=O)O)C[C@H]1c1ccc(C(F)(F)F)cc1. The summed E-state index contributed by atoms with van der Waals surface area (Å²) >= 11 is 0. The molecule has 0 saturated heterocycles. The van der Waals surface area contributed by atoms with E-state index in [1.54, 1.807) is 12.1 Å². The number of hydrogen-bond donors (Lipinski definition) is 1. The van der Waals surface area contributed by atoms with Gasteiger partial charge in [0.15, 0.2) is 0 Å². The Kier molecular flexibility index (Phi) is 7.95. The third-order valence-electron chi connectivity index (χ3n) is 7.17. The molecule has 2 fully saturated rings. The van der Waals surface area contributed by atoms with Crippen molar-refractivity contribution in [1.29, 1.82) is 0 Å². The molecule has 0 radical (unpaired) electrons. The second-order valence-corrected chi connectivity index (χ2v) is 11.2. The van der Waals surface area contributed by atoms with Gasteiger partial charge in [0.2, 0.25) is 0 Å². The van der Waals surface area contributed by atoms with Gasteiger partial charge in [0.25, 0.3) is 0 Å². The van der Waals surface area contributed by atoms with Crippen LogP contribution < -0.4 is 0 Å². The monoisotopic (exact) mass is 453 g/mol. The van der Waals surface area contributed by atoms with Gasteiger partial charge in [0.1, 0.15) is 0 Å². The van der Waals surface area contributed by atoms with Crippen molar-refractivity contribution in [2.75, 3.05) is 13.1 Å². The maximum atomic E-state index is 13.1. The molecule has 1 aromatic carbocycles. The molecule has 0 unspecified atom stereocenters. The molecule has 2 saturated carbocycles. The first kappa shape index (κ1) is 25.1. The molecule has 180 valence electrons. The quantitative estimate of drug-likeness (QED) is 0.485. The highest BCUT2D eigenvalue weighted by Crippen LogP contribution is 2.43. The van der Waals surface area contributed by atoms with Crippen molar-refractivity contribution in [3.05, 3.63) is 35.4 Å². The summed E-state index contributed by atoms with van der Waals surface area (Å²) in [4.78, 5) is 14.0. The molecule has 0 heterocycles. The molecular formula is C26H38F3NO2. The molecular weight excluding hydrogens is 415 g/mol. The van der Waals surface area contributed by atoms with Gasteiger partial charge in [-0.05, 0) is 73.0 Å². The van der Waals surface area contributed by atoms with Gasteiger partial charge < -0.3 is 5.11 Å². The standard InChI is InChI=1S/C26H38F3NO2/c1-25(2,3)17-30(16-18-6-4-5-7-18)23-13-8-19(15-24(31)32)14-22(23)20-9-11-21(12-10-20)26(27,28)29/h9-12,18-19,22-23H,4-8,13-17H2,1-3H3,(H,31,32)/t19-,22+,23-/m1/s1. The van der Waals surface area contributed by atoms with Gasteiger partial charge in [-0.3, -0.25) is 9.69 Å². The summed E-state index contributed by atoms with van der Waals surface area (Å²) < 4.78 is 39.3. The van der Waals surface area contributed by atoms with Gasteiger partial charge in [-0.1, -0.05) is 45.7 Å². The van der Waals surface area contributed by atoms with E-state index < -0.39 is 17.7 Å². The average molecular weight is 454 g/mol. The van der Waals surface area contributed by atoms with Gasteiger partial charge in [-0.25, -0.2) is 0 Å². The number of nitrogens with zero attached hydrogens (tertiary/aromatic N) is 1. The van der Waals surface area contributed by atoms with Crippen LogP contribution in [0.4, 0.5) is 13.2 Å². The van der Waals surface area contributed by atoms with Crippen LogP contribution in [0.5, 0.6) is 0 Å². The fourth-order valence-corrected chi connectivity index (χ4v) is 5.84. The number of rotatable bonds is 7. The zero-order valence-electron chi connectivity index (χ0n) is 19.6. The fourth-order valence-electron chi connectivity index (χ4n) is 5.84. The van der Waals surface area contributed by atoms with E-state index in [9.17, 15) is 23.1 Å². The lowest BCUT2D eigenvalue weighted by atomic mass is 9.72. The highest BCUT2D eigenvalue weighted by Gasteiger charge is 2.38. The summed E-state index contributed by atoms with van der Waals surface area (Å²) in [6.07, 6.45) is 3.31. The summed E-state index contributed by atoms with van der Waals surface area (Å²) in [5, 5.41) is 9.33. The van der Waals surface area contributed by atoms with E-state index in [1.807, 2.05) is 0 Å². The van der Waals surface area contributed by atoms with Gasteiger partial charge in [0.05, 0.1) is 5.56 Å². The average Bonchev–Trinajstić information content (AvgIpc) is 3.18. The van der Waals surface area contributed by atoms with Crippen LogP contribution >= 0.6 is 0 Å². The largest absolute Gasteiger partial charge is 0.481 e. The molecule has 3 atom stereocenters. The van der Waals surface area contributed by atoms with Crippen LogP contribution in [0.1, 0.15) is 89.2 Å². The van der Waals surface area contributed by atoms with Gasteiger partial charge >= 0.3 is 12.1 Å². The second kappa shape index (κ2) is 10.1. The zero-order chi connectivity index (χ0) is 23.5. The highest BCUT2D eigenvalue weighted by molar-refractivity contribution is 5.67. The van der Waals surface area contributed by atoms with Gasteiger partial charge in [0, 0.05) is 25.6 Å². The number of carbonyl (C=O) groups is 1. The second-order valence-electron chi connectivity index (χ2n) is 11.2. The van der Waals surface area contributed by atoms with Crippen molar-refractivity contribution in [3.8, 4) is 0 Å². The van der Waals surface area contributed by atoms with Crippen LogP contribution in [0, 0.1) is 17.3 Å². The predicted molar refractivity (Wildman–Crippen MR) is 121 cm³/mol. The molecule has 0 bridgehead atoms. The number of carboxylic acid groups (broad SMARTS) is 1. The molecule has 1 N–H and O–H groups in total. The summed E-state index contributed by atoms with van der Waals surface area (Å²) in [6, 6.07) is 5.83. The van der Waals surface area contributed by atoms with E-state index >= 15 is 0 Å². The van der Waals surface area contributed by atoms with Crippen LogP contribution in [0.15, 0.2) is 24.3 Å². The first-order valence-electron chi connectivity index (χ1n) is 12.1. The Morgan fingerprint density at radius 3 is 2.16 bits per heavy atom. The van der Waals surface area contributed by atoms with Gasteiger partial charge in [-0.15, -0.1) is 0 Å². The summed E-state index contributed by atoms with van der Waals surface area (Å²) in [6.45, 7) is 8.67. The van der Waals surface area contributed by atoms with Crippen LogP contribution in [-0.4, -0.2) is 35.1 Å². The molecule has 2 aliphatic rings. The molecule has 3 nitrogen and oxygen atoms in total. The van der Waals surface area contributed by atoms with E-state index in [4.69, 9.17) is 0 Å². The number of hydrogen-bond acceptors (Lipinski definition) is 2. The molecule has 6 heteroatoms. The van der Waals surface area contributed by atoms with Crippen molar-refractivity contribution in [2.24, 2.45) is 17.3 Å². The highest BCUT2D eigenvalue weighted by atomic mass is 19.4. The summed E-state index contributed by atoms with van der Waals surface area (Å²) in [5.41, 5.74) is 0.387. The Balaban J connectivity index is 1.89. The van der Waals surface area contributed by atoms with Crippen molar-refractivity contribution in [3.63, 3.8) is 0 Å². The molecule has 3 rings (SSSR count). The maximum absolute atomic E-state index is 13.1. The number of carboxylic acids is 1. The first-order chi connectivity index (χ1) is 14.9. The Morgan fingerprint density at radius 1 is 1.00 bits per heavy atom. The Hall–Kier alpha value is -1.56. The van der Waals surface area contributed by atoms with Crippen molar-refractivity contribution in [2.45, 2.75) is 90.3 Å². The number of aliphatic carboxylic acids is 1. The minimum atomic E-state index is -4.35. The molecule has 32 heavy (non-hydrogen) atoms. The lowest BCUT2D eigenvalue weighted by Gasteiger charge is -2.45. The summed E-state index contributed by atoms with van der Waals surface area (Å²) in [5.74, 6) is 0.0117. The summed E-state index contributed by atoms with van der Waals surface area (Å²) in [7, 11) is 0. The predicted octanol–water partition coefficient (Wildman–Crippen LogP) is 6.97. The number of benzene rings is 1. The third-order valence-corrected chi connectivity index (χ3v) is 7.17. The van der Waals surface area contributed by atoms with Crippen molar-refractivity contribution >= 4 is 5.97 Å². The zero-order valence-corrected chi connectivity index (χ0v) is 19.6. The number of halogens is 3. The van der Waals surface area contributed by atoms with Crippen LogP contribution in [0.25, 0.3) is 0 Å². The lowest BCUT2D eigenvalue weighted by Crippen LogP contribution is -2.48. The maximum Gasteiger partial charge on any atom is 0.416 e. The van der Waals surface area contributed by atoms with Crippen molar-refractivity contribution < 1.29 is 23.1 Å². The molecule has 0 spiro atoms. The first-order valence-corrected chi connectivity index (χ1v) is 12.1. The Bertz CT molecular complexity index is 748.